The van der Waals surface area contributed by atoms with Gasteiger partial charge in [-0.3, -0.25) is 0 Å². The normalized spacial score (nSPS) is 12.1. The molecule has 4 aromatic heterocycles. The molecule has 8 nitrogen and oxygen atoms in total. The summed E-state index contributed by atoms with van der Waals surface area (Å²) in [4.78, 5) is 15.5. The second-order valence-corrected chi connectivity index (χ2v) is 14.8. The first kappa shape index (κ1) is 47.9. The third-order valence-electron chi connectivity index (χ3n) is 11.0. The number of imidazole rings is 4. The molecule has 0 aliphatic heterocycles. The van der Waals surface area contributed by atoms with Gasteiger partial charge in [-0.25, -0.2) is 108 Å². The molecule has 0 radical (unpaired) electrons. The maximum absolute atomic E-state index is 15.5. The standard InChI is InChI=1S/C40H16BF20N8/c1-9-62-13(17-21(42)29(50)37(58)30(51)22(17)43)5-66(9)41(67-6-14(63-10(67)2)18-23(44)31(52)38(59)32(53)24(18)45,68-7-15(64-11(68)3)19-25(46)33(54)39(60)34(55)26(19)47)69-8-16(65-12(69)4)20-27(48)35(56)40(61)36(57)28(20)49/h5-8H,1-4H3/q-1. The summed E-state index contributed by atoms with van der Waals surface area (Å²) in [6, 6.07) is 0. The summed E-state index contributed by atoms with van der Waals surface area (Å²) in [6.45, 7) is -0.935. The van der Waals surface area contributed by atoms with Gasteiger partial charge < -0.3 is 17.9 Å². The summed E-state index contributed by atoms with van der Waals surface area (Å²) in [6.07, 6.45) is 1.67. The van der Waals surface area contributed by atoms with E-state index in [1.54, 1.807) is 0 Å². The van der Waals surface area contributed by atoms with Crippen molar-refractivity contribution in [2.24, 2.45) is 0 Å². The molecule has 4 heterocycles. The summed E-state index contributed by atoms with van der Waals surface area (Å²) in [7, 11) is 0. The van der Waals surface area contributed by atoms with Crippen molar-refractivity contribution in [3.05, 3.63) is 164 Å². The minimum absolute atomic E-state index is 0.417. The highest BCUT2D eigenvalue weighted by Crippen LogP contribution is 2.39. The molecule has 0 spiro atoms. The second kappa shape index (κ2) is 16.3. The minimum atomic E-state index is -4.43. The lowest BCUT2D eigenvalue weighted by Gasteiger charge is -2.48. The maximum atomic E-state index is 15.5. The van der Waals surface area contributed by atoms with Gasteiger partial charge in [-0.1, -0.05) is 0 Å². The van der Waals surface area contributed by atoms with Crippen molar-refractivity contribution < 1.29 is 87.8 Å². The number of hydrogen-bond donors (Lipinski definition) is 0. The number of halogens is 20. The van der Waals surface area contributed by atoms with Crippen LogP contribution in [0.4, 0.5) is 87.8 Å². The molecule has 0 aliphatic rings. The van der Waals surface area contributed by atoms with Crippen LogP contribution in [-0.2, 0) is 0 Å². The van der Waals surface area contributed by atoms with Crippen LogP contribution in [0.2, 0.25) is 0 Å². The predicted molar refractivity (Wildman–Crippen MR) is 196 cm³/mol. The number of aromatic nitrogens is 8. The van der Waals surface area contributed by atoms with Crippen molar-refractivity contribution in [1.29, 1.82) is 0 Å². The Kier molecular flexibility index (Phi) is 11.3. The van der Waals surface area contributed by atoms with Gasteiger partial charge in [0.1, 0.15) is 0 Å². The van der Waals surface area contributed by atoms with Crippen LogP contribution in [0.1, 0.15) is 23.3 Å². The first-order chi connectivity index (χ1) is 32.2. The zero-order chi connectivity index (χ0) is 50.9. The van der Waals surface area contributed by atoms with E-state index >= 15 is 35.1 Å². The fourth-order valence-corrected chi connectivity index (χ4v) is 7.95. The van der Waals surface area contributed by atoms with E-state index in [2.05, 4.69) is 19.9 Å². The fourth-order valence-electron chi connectivity index (χ4n) is 7.95. The number of aryl methyl sites for hydroxylation is 4. The summed E-state index contributed by atoms with van der Waals surface area (Å²) < 4.78 is 301. The number of hydrogen-bond acceptors (Lipinski definition) is 4. The molecular weight excluding hydrogens is 983 g/mol. The molecule has 69 heavy (non-hydrogen) atoms. The van der Waals surface area contributed by atoms with Gasteiger partial charge in [-0.15, -0.1) is 0 Å². The fraction of sp³-hybridized carbons (Fsp3) is 0.100. The molecule has 0 bridgehead atoms. The average Bonchev–Trinajstić information content (AvgIpc) is 4.10. The summed E-state index contributed by atoms with van der Waals surface area (Å²) in [5, 5.41) is 0. The highest BCUT2D eigenvalue weighted by atomic mass is 19.2. The van der Waals surface area contributed by atoms with Crippen LogP contribution in [0.3, 0.4) is 0 Å². The number of nitrogens with zero attached hydrogens (tertiary/aromatic N) is 8. The Bertz CT molecular complexity index is 2960. The predicted octanol–water partition coefficient (Wildman–Crippen LogP) is 11.1. The molecule has 0 atom stereocenters. The highest BCUT2D eigenvalue weighted by Gasteiger charge is 2.44. The molecule has 0 N–H and O–H groups in total. The van der Waals surface area contributed by atoms with Gasteiger partial charge in [0.15, 0.2) is 93.1 Å². The van der Waals surface area contributed by atoms with Crippen LogP contribution >= 0.6 is 0 Å². The zero-order valence-electron chi connectivity index (χ0n) is 34.0. The Hall–Kier alpha value is -7.62. The molecule has 360 valence electrons. The Morgan fingerprint density at radius 1 is 0.246 bits per heavy atom. The highest BCUT2D eigenvalue weighted by molar-refractivity contribution is 6.74. The molecule has 4 aromatic carbocycles. The lowest BCUT2D eigenvalue weighted by atomic mass is 9.70. The van der Waals surface area contributed by atoms with Crippen molar-refractivity contribution in [3.8, 4) is 45.0 Å². The summed E-state index contributed by atoms with van der Waals surface area (Å²) in [5.74, 6) is -54.3. The third-order valence-corrected chi connectivity index (χ3v) is 11.0. The van der Waals surface area contributed by atoms with E-state index in [1.807, 2.05) is 0 Å². The van der Waals surface area contributed by atoms with Gasteiger partial charge in [-0.05, 0) is 52.5 Å². The molecule has 0 saturated carbocycles. The van der Waals surface area contributed by atoms with Crippen LogP contribution in [-0.4, -0.2) is 44.5 Å². The molecule has 0 aliphatic carbocycles. The SMILES string of the molecule is Cc1nc(-c2c(F)c(F)c(F)c(F)c2F)cn1[B-](n1cc(-c2c(F)c(F)c(F)c(F)c2F)nc1C)(n1cc(-c2c(F)c(F)c(F)c(F)c2F)nc1C)n1cc(-c2c(F)c(F)c(F)c(F)c2F)nc1C. The monoisotopic (exact) mass is 999 g/mol. The van der Waals surface area contributed by atoms with Crippen molar-refractivity contribution in [1.82, 2.24) is 37.8 Å². The van der Waals surface area contributed by atoms with Gasteiger partial charge in [0, 0.05) is 0 Å². The topological polar surface area (TPSA) is 71.3 Å². The largest absolute Gasteiger partial charge is 0.452 e. The molecule has 8 rings (SSSR count). The molecular formula is C40H16BF20N8-. The Morgan fingerprint density at radius 3 is 0.522 bits per heavy atom. The van der Waals surface area contributed by atoms with Crippen molar-refractivity contribution in [3.63, 3.8) is 0 Å². The average molecular weight is 999 g/mol. The number of rotatable bonds is 8. The van der Waals surface area contributed by atoms with Gasteiger partial charge in [0.2, 0.25) is 23.3 Å². The minimum Gasteiger partial charge on any atom is -0.452 e. The van der Waals surface area contributed by atoms with E-state index in [-0.39, 0.29) is 0 Å². The second-order valence-electron chi connectivity index (χ2n) is 14.8. The van der Waals surface area contributed by atoms with Gasteiger partial charge in [0.25, 0.3) is 0 Å². The van der Waals surface area contributed by atoms with Crippen LogP contribution in [0.15, 0.2) is 24.8 Å². The van der Waals surface area contributed by atoms with E-state index in [0.29, 0.717) is 42.7 Å². The number of benzene rings is 4. The summed E-state index contributed by atoms with van der Waals surface area (Å²) in [5.41, 5.74) is -12.1. The zero-order valence-corrected chi connectivity index (χ0v) is 34.0. The molecule has 0 saturated heterocycles. The van der Waals surface area contributed by atoms with Crippen LogP contribution in [0, 0.1) is 144 Å². The van der Waals surface area contributed by atoms with Gasteiger partial charge >= 0.3 is 6.69 Å². The molecule has 29 heteroatoms. The Labute approximate surface area is 369 Å². The maximum Gasteiger partial charge on any atom is 0.406 e. The van der Waals surface area contributed by atoms with Crippen LogP contribution in [0.5, 0.6) is 0 Å². The van der Waals surface area contributed by atoms with Gasteiger partial charge in [0.05, 0.1) is 68.3 Å². The molecule has 0 unspecified atom stereocenters. The first-order valence-electron chi connectivity index (χ1n) is 18.7. The van der Waals surface area contributed by atoms with E-state index in [9.17, 15) is 52.7 Å². The smallest absolute Gasteiger partial charge is 0.406 e. The lowest BCUT2D eigenvalue weighted by Crippen LogP contribution is -2.65. The lowest BCUT2D eigenvalue weighted by molar-refractivity contribution is 0.381. The van der Waals surface area contributed by atoms with E-state index in [1.165, 1.54) is 0 Å². The van der Waals surface area contributed by atoms with E-state index < -0.39 is 191 Å². The Morgan fingerprint density at radius 2 is 0.377 bits per heavy atom. The van der Waals surface area contributed by atoms with E-state index in [0.717, 1.165) is 27.7 Å². The quantitative estimate of drug-likeness (QED) is 0.0658. The van der Waals surface area contributed by atoms with E-state index in [4.69, 9.17) is 0 Å². The molecule has 0 amide bonds. The first-order valence-corrected chi connectivity index (χ1v) is 18.7. The van der Waals surface area contributed by atoms with Crippen molar-refractivity contribution >= 4 is 6.69 Å². The Balaban J connectivity index is 1.60. The van der Waals surface area contributed by atoms with Crippen LogP contribution < -0.4 is 0 Å². The molecule has 0 fully saturated rings. The van der Waals surface area contributed by atoms with Crippen LogP contribution in [0.25, 0.3) is 45.0 Å². The third kappa shape index (κ3) is 6.62. The van der Waals surface area contributed by atoms with Gasteiger partial charge in [-0.2, -0.15) is 0 Å². The summed E-state index contributed by atoms with van der Waals surface area (Å²) >= 11 is 0. The van der Waals surface area contributed by atoms with Crippen molar-refractivity contribution in [2.75, 3.05) is 0 Å². The van der Waals surface area contributed by atoms with Crippen molar-refractivity contribution in [2.45, 2.75) is 27.7 Å². The molecule has 8 aromatic rings.